The van der Waals surface area contributed by atoms with Crippen LogP contribution in [0.4, 0.5) is 19.4 Å². The maximum Gasteiger partial charge on any atom is 0.407 e. The number of nitrogens with two attached hydrogens (primary N) is 1. The Morgan fingerprint density at radius 1 is 1.13 bits per heavy atom. The van der Waals surface area contributed by atoms with Crippen molar-refractivity contribution >= 4 is 32.8 Å². The van der Waals surface area contributed by atoms with Gasteiger partial charge in [-0.05, 0) is 36.6 Å². The molecule has 1 atom stereocenters. The van der Waals surface area contributed by atoms with Crippen molar-refractivity contribution in [2.45, 2.75) is 30.3 Å². The molecule has 2 aromatic carbocycles. The van der Waals surface area contributed by atoms with Gasteiger partial charge in [-0.15, -0.1) is 0 Å². The molecule has 1 aliphatic rings. The van der Waals surface area contributed by atoms with Crippen LogP contribution in [0.25, 0.3) is 22.2 Å². The number of nitrogen functional groups attached to an aromatic ring is 1. The minimum Gasteiger partial charge on any atom is -0.465 e. The molecule has 38 heavy (non-hydrogen) atoms. The predicted molar refractivity (Wildman–Crippen MR) is 136 cm³/mol. The highest BCUT2D eigenvalue weighted by Gasteiger charge is 2.28. The summed E-state index contributed by atoms with van der Waals surface area (Å²) in [7, 11) is -4.14. The normalized spacial score (nSPS) is 16.2. The summed E-state index contributed by atoms with van der Waals surface area (Å²) in [6, 6.07) is 10.6. The fourth-order valence-corrected chi connectivity index (χ4v) is 5.71. The summed E-state index contributed by atoms with van der Waals surface area (Å²) in [5.74, 6) is -1.69. The van der Waals surface area contributed by atoms with E-state index in [0.29, 0.717) is 47.8 Å². The minimum absolute atomic E-state index is 0.104. The van der Waals surface area contributed by atoms with Gasteiger partial charge in [-0.25, -0.2) is 31.7 Å². The van der Waals surface area contributed by atoms with Gasteiger partial charge in [0.15, 0.2) is 0 Å². The number of amides is 1. The zero-order valence-electron chi connectivity index (χ0n) is 20.0. The van der Waals surface area contributed by atoms with Crippen molar-refractivity contribution in [2.24, 2.45) is 0 Å². The van der Waals surface area contributed by atoms with Gasteiger partial charge in [-0.2, -0.15) is 5.10 Å². The number of anilines is 1. The largest absolute Gasteiger partial charge is 0.465 e. The van der Waals surface area contributed by atoms with Crippen molar-refractivity contribution in [1.82, 2.24) is 24.4 Å². The topological polar surface area (TPSA) is 143 Å². The maximum atomic E-state index is 13.5. The lowest BCUT2D eigenvalue weighted by Crippen LogP contribution is -2.40. The molecule has 5 rings (SSSR count). The van der Waals surface area contributed by atoms with E-state index in [1.165, 1.54) is 4.90 Å². The highest BCUT2D eigenvalue weighted by molar-refractivity contribution is 7.89. The predicted octanol–water partition coefficient (Wildman–Crippen LogP) is 3.75. The number of benzene rings is 2. The fourth-order valence-electron chi connectivity index (χ4n) is 4.65. The summed E-state index contributed by atoms with van der Waals surface area (Å²) in [5.41, 5.74) is 8.84. The second-order valence-electron chi connectivity index (χ2n) is 9.03. The van der Waals surface area contributed by atoms with Crippen LogP contribution in [0.15, 0.2) is 59.6 Å². The van der Waals surface area contributed by atoms with Gasteiger partial charge in [0.2, 0.25) is 10.0 Å². The lowest BCUT2D eigenvalue weighted by molar-refractivity contribution is 0.120. The number of pyridine rings is 1. The molecule has 0 aliphatic carbocycles. The molecule has 10 nitrogen and oxygen atoms in total. The Hall–Kier alpha value is -4.10. The zero-order valence-corrected chi connectivity index (χ0v) is 20.8. The summed E-state index contributed by atoms with van der Waals surface area (Å²) in [4.78, 5) is 16.6. The lowest BCUT2D eigenvalue weighted by Gasteiger charge is -2.31. The van der Waals surface area contributed by atoms with Crippen LogP contribution in [0, 0.1) is 11.6 Å². The molecule has 1 saturated heterocycles. The van der Waals surface area contributed by atoms with Gasteiger partial charge in [0.25, 0.3) is 0 Å². The number of nitrogens with one attached hydrogen (secondary N) is 1. The Bertz CT molecular complexity index is 1600. The van der Waals surface area contributed by atoms with E-state index in [2.05, 4.69) is 9.71 Å². The smallest absolute Gasteiger partial charge is 0.407 e. The number of carboxylic acid groups (broad SMARTS) is 1. The van der Waals surface area contributed by atoms with Crippen molar-refractivity contribution in [2.75, 3.05) is 18.8 Å². The summed E-state index contributed by atoms with van der Waals surface area (Å²) < 4.78 is 56.0. The van der Waals surface area contributed by atoms with Crippen molar-refractivity contribution in [3.05, 3.63) is 71.9 Å². The molecule has 1 fully saturated rings. The average Bonchev–Trinajstić information content (AvgIpc) is 3.28. The Morgan fingerprint density at radius 2 is 1.84 bits per heavy atom. The van der Waals surface area contributed by atoms with Crippen LogP contribution in [0.1, 0.15) is 24.4 Å². The Labute approximate surface area is 216 Å². The molecular weight excluding hydrogens is 518 g/mol. The van der Waals surface area contributed by atoms with Crippen LogP contribution in [0.3, 0.4) is 0 Å². The fraction of sp³-hybridized carbons (Fsp3) is 0.240. The van der Waals surface area contributed by atoms with Crippen molar-refractivity contribution in [1.29, 1.82) is 0 Å². The molecule has 198 valence electrons. The van der Waals surface area contributed by atoms with Gasteiger partial charge in [-0.3, -0.25) is 4.68 Å². The first-order valence-corrected chi connectivity index (χ1v) is 13.3. The summed E-state index contributed by atoms with van der Waals surface area (Å²) >= 11 is 0. The Morgan fingerprint density at radius 3 is 2.53 bits per heavy atom. The number of rotatable bonds is 6. The van der Waals surface area contributed by atoms with Crippen LogP contribution in [-0.2, 0) is 16.6 Å². The molecule has 3 heterocycles. The molecule has 0 saturated carbocycles. The standard InChI is InChI=1S/C25H24F2N6O4S/c26-17-10-18(27)12-20(11-17)38(36,37)30-13-15-3-5-16(6-4-15)23-22-21(7-8-29-24(22)28)33(31-23)19-2-1-9-32(14-19)25(34)35/h3-8,10-12,19,30H,1-2,9,13-14H2,(H2,28,29)(H,34,35)/t19-/m1/s1. The number of piperidine rings is 1. The number of hydrogen-bond acceptors (Lipinski definition) is 6. The van der Waals surface area contributed by atoms with E-state index in [4.69, 9.17) is 10.8 Å². The van der Waals surface area contributed by atoms with Gasteiger partial charge in [-0.1, -0.05) is 24.3 Å². The maximum absolute atomic E-state index is 13.5. The van der Waals surface area contributed by atoms with Crippen LogP contribution in [0.5, 0.6) is 0 Å². The molecule has 0 spiro atoms. The van der Waals surface area contributed by atoms with E-state index < -0.39 is 32.6 Å². The SMILES string of the molecule is Nc1nccc2c1c(-c1ccc(CNS(=O)(=O)c3cc(F)cc(F)c3)cc1)nn2[C@@H]1CCCN(C(=O)O)C1. The molecule has 0 bridgehead atoms. The van der Waals surface area contributed by atoms with E-state index >= 15 is 0 Å². The first-order chi connectivity index (χ1) is 18.1. The van der Waals surface area contributed by atoms with Crippen LogP contribution < -0.4 is 10.5 Å². The first-order valence-electron chi connectivity index (χ1n) is 11.8. The first kappa shape index (κ1) is 25.5. The van der Waals surface area contributed by atoms with Crippen LogP contribution in [0.2, 0.25) is 0 Å². The van der Waals surface area contributed by atoms with Crippen molar-refractivity contribution < 1.29 is 27.1 Å². The number of hydrogen-bond donors (Lipinski definition) is 3. The van der Waals surface area contributed by atoms with E-state index in [0.717, 1.165) is 24.1 Å². The van der Waals surface area contributed by atoms with Gasteiger partial charge in [0.1, 0.15) is 23.1 Å². The highest BCUT2D eigenvalue weighted by Crippen LogP contribution is 2.34. The number of nitrogens with zero attached hydrogens (tertiary/aromatic N) is 4. The van der Waals surface area contributed by atoms with E-state index in [1.54, 1.807) is 41.2 Å². The third-order valence-corrected chi connectivity index (χ3v) is 7.88. The van der Waals surface area contributed by atoms with Gasteiger partial charge < -0.3 is 15.7 Å². The number of likely N-dealkylation sites (tertiary alicyclic amines) is 1. The molecule has 4 aromatic rings. The van der Waals surface area contributed by atoms with Gasteiger partial charge in [0, 0.05) is 37.5 Å². The second-order valence-corrected chi connectivity index (χ2v) is 10.8. The Balaban J connectivity index is 1.41. The molecule has 13 heteroatoms. The van der Waals surface area contributed by atoms with Crippen molar-refractivity contribution in [3.63, 3.8) is 0 Å². The number of halogens is 2. The van der Waals surface area contributed by atoms with Gasteiger partial charge in [0.05, 0.1) is 21.8 Å². The minimum atomic E-state index is -4.14. The molecule has 1 aliphatic heterocycles. The van der Waals surface area contributed by atoms with Crippen molar-refractivity contribution in [3.8, 4) is 11.3 Å². The zero-order chi connectivity index (χ0) is 27.0. The molecular formula is C25H24F2N6O4S. The molecule has 2 aromatic heterocycles. The third kappa shape index (κ3) is 5.02. The molecule has 0 radical (unpaired) electrons. The molecule has 4 N–H and O–H groups in total. The summed E-state index contributed by atoms with van der Waals surface area (Å²) in [5, 5.41) is 14.9. The number of fused-ring (bicyclic) bond motifs is 1. The molecule has 1 amide bonds. The van der Waals surface area contributed by atoms with E-state index in [1.807, 2.05) is 0 Å². The molecule has 0 unspecified atom stereocenters. The average molecular weight is 543 g/mol. The number of aromatic nitrogens is 3. The third-order valence-electron chi connectivity index (χ3n) is 6.50. The highest BCUT2D eigenvalue weighted by atomic mass is 32.2. The van der Waals surface area contributed by atoms with E-state index in [9.17, 15) is 27.1 Å². The van der Waals surface area contributed by atoms with Gasteiger partial charge >= 0.3 is 6.09 Å². The monoisotopic (exact) mass is 542 g/mol. The van der Waals surface area contributed by atoms with Crippen LogP contribution in [-0.4, -0.2) is 52.4 Å². The quantitative estimate of drug-likeness (QED) is 0.337. The van der Waals surface area contributed by atoms with E-state index in [-0.39, 0.29) is 18.4 Å². The number of carbonyl (C=O) groups is 1. The number of sulfonamides is 1. The lowest BCUT2D eigenvalue weighted by atomic mass is 10.1. The Kier molecular flexibility index (Phi) is 6.71. The summed E-state index contributed by atoms with van der Waals surface area (Å²) in [6.07, 6.45) is 2.08. The second kappa shape index (κ2) is 9.99. The van der Waals surface area contributed by atoms with Crippen LogP contribution >= 0.6 is 0 Å². The summed E-state index contributed by atoms with van der Waals surface area (Å²) in [6.45, 7) is 0.676.